The van der Waals surface area contributed by atoms with Crippen molar-refractivity contribution < 1.29 is 14.0 Å². The average Bonchev–Trinajstić information content (AvgIpc) is 2.31. The fraction of sp³-hybridized carbons (Fsp3) is 0.333. The average molecular weight is 253 g/mol. The number of nitrogens with one attached hydrogen (secondary N) is 1. The zero-order valence-electron chi connectivity index (χ0n) is 10.1. The molecular weight excluding hydrogens is 237 g/mol. The van der Waals surface area contributed by atoms with Crippen LogP contribution in [0.1, 0.15) is 30.1 Å². The summed E-state index contributed by atoms with van der Waals surface area (Å²) in [6.07, 6.45) is 1.33. The van der Waals surface area contributed by atoms with Crippen molar-refractivity contribution >= 4 is 17.5 Å². The highest BCUT2D eigenvalue weighted by Gasteiger charge is 2.14. The molecule has 0 aliphatic carbocycles. The molecular formula is C12H16FN3O2. The topological polar surface area (TPSA) is 98.2 Å². The van der Waals surface area contributed by atoms with Crippen LogP contribution in [-0.4, -0.2) is 17.9 Å². The van der Waals surface area contributed by atoms with E-state index >= 15 is 0 Å². The normalized spacial score (nSPS) is 11.9. The van der Waals surface area contributed by atoms with Crippen LogP contribution in [0.5, 0.6) is 0 Å². The lowest BCUT2D eigenvalue weighted by Crippen LogP contribution is -2.35. The van der Waals surface area contributed by atoms with Crippen LogP contribution in [0, 0.1) is 5.82 Å². The molecule has 2 amide bonds. The third-order valence-electron chi connectivity index (χ3n) is 2.44. The number of carbonyl (C=O) groups excluding carboxylic acids is 2. The van der Waals surface area contributed by atoms with Gasteiger partial charge in [-0.3, -0.25) is 9.59 Å². The van der Waals surface area contributed by atoms with Crippen LogP contribution in [0.2, 0.25) is 0 Å². The SMILES string of the molecule is CCCC(N)C(=O)Nc1ccc(F)c(C(N)=O)c1. The molecule has 0 heterocycles. The van der Waals surface area contributed by atoms with Crippen LogP contribution in [0.15, 0.2) is 18.2 Å². The maximum Gasteiger partial charge on any atom is 0.251 e. The second-order valence-electron chi connectivity index (χ2n) is 3.94. The van der Waals surface area contributed by atoms with Gasteiger partial charge in [-0.25, -0.2) is 4.39 Å². The minimum Gasteiger partial charge on any atom is -0.366 e. The van der Waals surface area contributed by atoms with Gasteiger partial charge in [-0.05, 0) is 24.6 Å². The van der Waals surface area contributed by atoms with E-state index in [1.54, 1.807) is 0 Å². The largest absolute Gasteiger partial charge is 0.366 e. The molecule has 1 aromatic rings. The lowest BCUT2D eigenvalue weighted by Gasteiger charge is -2.11. The van der Waals surface area contributed by atoms with Crippen molar-refractivity contribution in [2.75, 3.05) is 5.32 Å². The van der Waals surface area contributed by atoms with Gasteiger partial charge in [-0.1, -0.05) is 13.3 Å². The first kappa shape index (κ1) is 14.1. The Kier molecular flexibility index (Phi) is 4.79. The molecule has 5 nitrogen and oxygen atoms in total. The molecule has 1 atom stereocenters. The van der Waals surface area contributed by atoms with E-state index in [0.717, 1.165) is 12.5 Å². The van der Waals surface area contributed by atoms with Gasteiger partial charge in [-0.2, -0.15) is 0 Å². The minimum atomic E-state index is -0.888. The molecule has 0 spiro atoms. The Morgan fingerprint density at radius 2 is 2.11 bits per heavy atom. The zero-order valence-corrected chi connectivity index (χ0v) is 10.1. The van der Waals surface area contributed by atoms with Gasteiger partial charge in [0.25, 0.3) is 5.91 Å². The van der Waals surface area contributed by atoms with E-state index in [-0.39, 0.29) is 11.5 Å². The van der Waals surface area contributed by atoms with Crippen molar-refractivity contribution in [3.63, 3.8) is 0 Å². The van der Waals surface area contributed by atoms with Gasteiger partial charge in [0.15, 0.2) is 0 Å². The Hall–Kier alpha value is -1.95. The Balaban J connectivity index is 2.82. The van der Waals surface area contributed by atoms with Gasteiger partial charge < -0.3 is 16.8 Å². The predicted molar refractivity (Wildman–Crippen MR) is 66.4 cm³/mol. The van der Waals surface area contributed by atoms with E-state index in [4.69, 9.17) is 11.5 Å². The Bertz CT molecular complexity index is 463. The molecule has 0 aliphatic heterocycles. The van der Waals surface area contributed by atoms with Gasteiger partial charge in [0.05, 0.1) is 11.6 Å². The van der Waals surface area contributed by atoms with Crippen LogP contribution < -0.4 is 16.8 Å². The predicted octanol–water partition coefficient (Wildman–Crippen LogP) is 0.990. The van der Waals surface area contributed by atoms with Crippen molar-refractivity contribution in [2.45, 2.75) is 25.8 Å². The lowest BCUT2D eigenvalue weighted by molar-refractivity contribution is -0.117. The summed E-state index contributed by atoms with van der Waals surface area (Å²) in [5.74, 6) is -1.99. The molecule has 0 radical (unpaired) electrons. The second-order valence-corrected chi connectivity index (χ2v) is 3.94. The summed E-state index contributed by atoms with van der Waals surface area (Å²) in [5.41, 5.74) is 10.7. The van der Waals surface area contributed by atoms with Crippen molar-refractivity contribution in [1.29, 1.82) is 0 Å². The van der Waals surface area contributed by atoms with Gasteiger partial charge in [0.2, 0.25) is 5.91 Å². The summed E-state index contributed by atoms with van der Waals surface area (Å²) in [6.45, 7) is 1.91. The first-order valence-corrected chi connectivity index (χ1v) is 5.61. The number of carbonyl (C=O) groups is 2. The van der Waals surface area contributed by atoms with Crippen LogP contribution in [-0.2, 0) is 4.79 Å². The van der Waals surface area contributed by atoms with Crippen molar-refractivity contribution in [2.24, 2.45) is 11.5 Å². The standard InChI is InChI=1S/C12H16FN3O2/c1-2-3-10(14)12(18)16-7-4-5-9(13)8(6-7)11(15)17/h4-6,10H,2-3,14H2,1H3,(H2,15,17)(H,16,18). The van der Waals surface area contributed by atoms with Crippen molar-refractivity contribution in [3.05, 3.63) is 29.6 Å². The summed E-state index contributed by atoms with van der Waals surface area (Å²) in [4.78, 5) is 22.6. The molecule has 1 unspecified atom stereocenters. The van der Waals surface area contributed by atoms with E-state index in [2.05, 4.69) is 5.32 Å². The summed E-state index contributed by atoms with van der Waals surface area (Å²) in [7, 11) is 0. The Morgan fingerprint density at radius 1 is 1.44 bits per heavy atom. The summed E-state index contributed by atoms with van der Waals surface area (Å²) in [5, 5.41) is 2.51. The van der Waals surface area contributed by atoms with Crippen LogP contribution in [0.3, 0.4) is 0 Å². The molecule has 98 valence electrons. The maximum atomic E-state index is 13.2. The highest BCUT2D eigenvalue weighted by atomic mass is 19.1. The Morgan fingerprint density at radius 3 is 2.67 bits per heavy atom. The molecule has 0 saturated carbocycles. The maximum absolute atomic E-state index is 13.2. The molecule has 1 aromatic carbocycles. The third-order valence-corrected chi connectivity index (χ3v) is 2.44. The smallest absolute Gasteiger partial charge is 0.251 e. The quantitative estimate of drug-likeness (QED) is 0.729. The molecule has 0 aromatic heterocycles. The highest BCUT2D eigenvalue weighted by Crippen LogP contribution is 2.14. The minimum absolute atomic E-state index is 0.267. The number of primary amides is 1. The molecule has 0 saturated heterocycles. The van der Waals surface area contributed by atoms with Gasteiger partial charge in [-0.15, -0.1) is 0 Å². The van der Waals surface area contributed by atoms with E-state index in [1.807, 2.05) is 6.92 Å². The number of hydrogen-bond acceptors (Lipinski definition) is 3. The summed E-state index contributed by atoms with van der Waals surface area (Å²) >= 11 is 0. The number of hydrogen-bond donors (Lipinski definition) is 3. The van der Waals surface area contributed by atoms with Crippen molar-refractivity contribution in [1.82, 2.24) is 0 Å². The second kappa shape index (κ2) is 6.11. The number of nitrogens with two attached hydrogens (primary N) is 2. The number of amides is 2. The first-order chi connectivity index (χ1) is 8.45. The zero-order chi connectivity index (χ0) is 13.7. The summed E-state index contributed by atoms with van der Waals surface area (Å²) in [6, 6.07) is 2.98. The van der Waals surface area contributed by atoms with E-state index < -0.39 is 17.8 Å². The van der Waals surface area contributed by atoms with Gasteiger partial charge in [0, 0.05) is 5.69 Å². The van der Waals surface area contributed by atoms with Crippen LogP contribution >= 0.6 is 0 Å². The highest BCUT2D eigenvalue weighted by molar-refractivity contribution is 5.98. The van der Waals surface area contributed by atoms with E-state index in [1.165, 1.54) is 12.1 Å². The molecule has 0 fully saturated rings. The fourth-order valence-electron chi connectivity index (χ4n) is 1.47. The van der Waals surface area contributed by atoms with E-state index in [9.17, 15) is 14.0 Å². The van der Waals surface area contributed by atoms with Gasteiger partial charge >= 0.3 is 0 Å². The first-order valence-electron chi connectivity index (χ1n) is 5.61. The van der Waals surface area contributed by atoms with E-state index in [0.29, 0.717) is 12.1 Å². The number of halogens is 1. The number of anilines is 1. The Labute approximate surface area is 104 Å². The molecule has 18 heavy (non-hydrogen) atoms. The van der Waals surface area contributed by atoms with Crippen molar-refractivity contribution in [3.8, 4) is 0 Å². The molecule has 1 rings (SSSR count). The number of benzene rings is 1. The molecule has 0 aliphatic rings. The summed E-state index contributed by atoms with van der Waals surface area (Å²) < 4.78 is 13.2. The molecule has 5 N–H and O–H groups in total. The fourth-order valence-corrected chi connectivity index (χ4v) is 1.47. The monoisotopic (exact) mass is 253 g/mol. The van der Waals surface area contributed by atoms with Gasteiger partial charge in [0.1, 0.15) is 5.82 Å². The van der Waals surface area contributed by atoms with Crippen LogP contribution in [0.4, 0.5) is 10.1 Å². The van der Waals surface area contributed by atoms with Crippen LogP contribution in [0.25, 0.3) is 0 Å². The lowest BCUT2D eigenvalue weighted by atomic mass is 10.1. The molecule has 6 heteroatoms. The third kappa shape index (κ3) is 3.53. The molecule has 0 bridgehead atoms. The number of rotatable bonds is 5.